The second kappa shape index (κ2) is 6.90. The van der Waals surface area contributed by atoms with Crippen LogP contribution in [0.2, 0.25) is 0 Å². The highest BCUT2D eigenvalue weighted by molar-refractivity contribution is 5.75. The number of benzene rings is 1. The second-order valence-corrected chi connectivity index (χ2v) is 6.01. The van der Waals surface area contributed by atoms with Crippen molar-refractivity contribution in [3.63, 3.8) is 0 Å². The number of hydrogen-bond donors (Lipinski definition) is 1. The van der Waals surface area contributed by atoms with Crippen molar-refractivity contribution in [3.8, 4) is 0 Å². The number of hydrogen-bond acceptors (Lipinski definition) is 2. The van der Waals surface area contributed by atoms with E-state index in [0.717, 1.165) is 43.3 Å². The van der Waals surface area contributed by atoms with Crippen LogP contribution < -0.4 is 5.32 Å². The van der Waals surface area contributed by atoms with Crippen molar-refractivity contribution in [3.05, 3.63) is 42.2 Å². The molecule has 3 heteroatoms. The van der Waals surface area contributed by atoms with E-state index in [1.807, 2.05) is 0 Å². The summed E-state index contributed by atoms with van der Waals surface area (Å²) in [7, 11) is 0. The summed E-state index contributed by atoms with van der Waals surface area (Å²) in [6.45, 7) is 5.39. The largest absolute Gasteiger partial charge is 0.328 e. The third-order valence-electron chi connectivity index (χ3n) is 4.39. The maximum absolute atomic E-state index is 4.62. The molecule has 0 amide bonds. The molecule has 0 aliphatic heterocycles. The van der Waals surface area contributed by atoms with E-state index in [0.29, 0.717) is 0 Å². The molecule has 1 unspecified atom stereocenters. The molecule has 0 saturated heterocycles. The van der Waals surface area contributed by atoms with E-state index in [4.69, 9.17) is 0 Å². The van der Waals surface area contributed by atoms with Gasteiger partial charge in [-0.15, -0.1) is 0 Å². The Balaban J connectivity index is 1.46. The molecular weight excluding hydrogens is 258 g/mol. The van der Waals surface area contributed by atoms with Crippen LogP contribution in [0.25, 0.3) is 11.0 Å². The van der Waals surface area contributed by atoms with Gasteiger partial charge in [0.05, 0.1) is 11.0 Å². The molecule has 21 heavy (non-hydrogen) atoms. The third kappa shape index (κ3) is 3.53. The molecule has 1 heterocycles. The number of rotatable bonds is 6. The lowest BCUT2D eigenvalue weighted by Crippen LogP contribution is -2.25. The van der Waals surface area contributed by atoms with Crippen molar-refractivity contribution < 1.29 is 0 Å². The van der Waals surface area contributed by atoms with Gasteiger partial charge in [0.2, 0.25) is 0 Å². The topological polar surface area (TPSA) is 29.9 Å². The summed E-state index contributed by atoms with van der Waals surface area (Å²) >= 11 is 0. The fraction of sp³-hybridized carbons (Fsp3) is 0.500. The zero-order valence-corrected chi connectivity index (χ0v) is 12.9. The van der Waals surface area contributed by atoms with E-state index in [-0.39, 0.29) is 0 Å². The van der Waals surface area contributed by atoms with Gasteiger partial charge in [-0.05, 0) is 63.7 Å². The summed E-state index contributed by atoms with van der Waals surface area (Å²) in [4.78, 5) is 4.62. The molecule has 1 atom stereocenters. The fourth-order valence-electron chi connectivity index (χ4n) is 3.19. The lowest BCUT2D eigenvalue weighted by atomic mass is 9.94. The van der Waals surface area contributed by atoms with Gasteiger partial charge >= 0.3 is 0 Å². The molecule has 3 rings (SSSR count). The minimum Gasteiger partial charge on any atom is -0.328 e. The Bertz CT molecular complexity index is 612. The van der Waals surface area contributed by atoms with Crippen molar-refractivity contribution in [2.45, 2.75) is 39.2 Å². The summed E-state index contributed by atoms with van der Waals surface area (Å²) in [5, 5.41) is 3.62. The minimum absolute atomic E-state index is 0.839. The van der Waals surface area contributed by atoms with Crippen molar-refractivity contribution in [2.75, 3.05) is 13.1 Å². The van der Waals surface area contributed by atoms with Gasteiger partial charge in [-0.2, -0.15) is 0 Å². The van der Waals surface area contributed by atoms with Crippen molar-refractivity contribution in [2.24, 2.45) is 5.92 Å². The van der Waals surface area contributed by atoms with E-state index in [2.05, 4.69) is 58.2 Å². The van der Waals surface area contributed by atoms with Crippen LogP contribution in [0.5, 0.6) is 0 Å². The fourth-order valence-corrected chi connectivity index (χ4v) is 3.19. The van der Waals surface area contributed by atoms with Gasteiger partial charge < -0.3 is 9.88 Å². The van der Waals surface area contributed by atoms with Gasteiger partial charge in [0, 0.05) is 6.54 Å². The molecule has 1 aliphatic carbocycles. The van der Waals surface area contributed by atoms with Crippen molar-refractivity contribution >= 4 is 11.0 Å². The zero-order valence-electron chi connectivity index (χ0n) is 12.9. The van der Waals surface area contributed by atoms with E-state index >= 15 is 0 Å². The molecule has 0 fully saturated rings. The highest BCUT2D eigenvalue weighted by Crippen LogP contribution is 2.17. The first kappa shape index (κ1) is 14.3. The number of nitrogens with one attached hydrogen (secondary N) is 1. The van der Waals surface area contributed by atoms with Crippen LogP contribution in [-0.4, -0.2) is 22.6 Å². The lowest BCUT2D eigenvalue weighted by molar-refractivity contribution is 0.434. The molecule has 0 bridgehead atoms. The SMILES string of the molecule is Cc1nc2ccccc2n1CCCNCC1CC=CCC1. The molecule has 1 aromatic carbocycles. The zero-order chi connectivity index (χ0) is 14.5. The van der Waals surface area contributed by atoms with Crippen LogP contribution in [-0.2, 0) is 6.54 Å². The average Bonchev–Trinajstić information content (AvgIpc) is 2.84. The third-order valence-corrected chi connectivity index (χ3v) is 4.39. The van der Waals surface area contributed by atoms with Gasteiger partial charge in [-0.3, -0.25) is 0 Å². The maximum atomic E-state index is 4.62. The summed E-state index contributed by atoms with van der Waals surface area (Å²) in [5.74, 6) is 1.96. The minimum atomic E-state index is 0.839. The van der Waals surface area contributed by atoms with Gasteiger partial charge in [0.1, 0.15) is 5.82 Å². The van der Waals surface area contributed by atoms with Crippen molar-refractivity contribution in [1.82, 2.24) is 14.9 Å². The number of aromatic nitrogens is 2. The average molecular weight is 283 g/mol. The molecule has 1 N–H and O–H groups in total. The molecular formula is C18H25N3. The van der Waals surface area contributed by atoms with Crippen molar-refractivity contribution in [1.29, 1.82) is 0 Å². The molecule has 3 nitrogen and oxygen atoms in total. The number of para-hydroxylation sites is 2. The number of allylic oxidation sites excluding steroid dienone is 2. The Morgan fingerprint density at radius 2 is 2.19 bits per heavy atom. The Morgan fingerprint density at radius 1 is 1.29 bits per heavy atom. The van der Waals surface area contributed by atoms with Gasteiger partial charge in [-0.1, -0.05) is 24.3 Å². The first-order valence-corrected chi connectivity index (χ1v) is 8.12. The molecule has 1 aliphatic rings. The van der Waals surface area contributed by atoms with E-state index in [9.17, 15) is 0 Å². The number of imidazole rings is 1. The first-order chi connectivity index (χ1) is 10.3. The second-order valence-electron chi connectivity index (χ2n) is 6.01. The molecule has 0 radical (unpaired) electrons. The number of nitrogens with zero attached hydrogens (tertiary/aromatic N) is 2. The summed E-state index contributed by atoms with van der Waals surface area (Å²) < 4.78 is 2.33. The first-order valence-electron chi connectivity index (χ1n) is 8.12. The Hall–Kier alpha value is -1.61. The number of aryl methyl sites for hydroxylation is 2. The molecule has 1 aromatic heterocycles. The monoisotopic (exact) mass is 283 g/mol. The summed E-state index contributed by atoms with van der Waals surface area (Å²) in [6, 6.07) is 8.40. The normalized spacial score (nSPS) is 18.4. The standard InChI is InChI=1S/C18H25N3/c1-15-20-17-10-5-6-11-18(17)21(15)13-7-12-19-14-16-8-3-2-4-9-16/h2-3,5-6,10-11,16,19H,4,7-9,12-14H2,1H3. The molecule has 112 valence electrons. The molecule has 0 spiro atoms. The highest BCUT2D eigenvalue weighted by atomic mass is 15.1. The van der Waals surface area contributed by atoms with E-state index in [1.54, 1.807) is 0 Å². The predicted octanol–water partition coefficient (Wildman–Crippen LogP) is 3.68. The summed E-state index contributed by atoms with van der Waals surface area (Å²) in [6.07, 6.45) is 9.64. The van der Waals surface area contributed by atoms with Gasteiger partial charge in [-0.25, -0.2) is 4.98 Å². The van der Waals surface area contributed by atoms with E-state index in [1.165, 1.54) is 24.8 Å². The predicted molar refractivity (Wildman–Crippen MR) is 88.4 cm³/mol. The Morgan fingerprint density at radius 3 is 3.05 bits per heavy atom. The van der Waals surface area contributed by atoms with Crippen LogP contribution in [0.1, 0.15) is 31.5 Å². The van der Waals surface area contributed by atoms with Gasteiger partial charge in [0.25, 0.3) is 0 Å². The maximum Gasteiger partial charge on any atom is 0.106 e. The lowest BCUT2D eigenvalue weighted by Gasteiger charge is -2.18. The van der Waals surface area contributed by atoms with E-state index < -0.39 is 0 Å². The van der Waals surface area contributed by atoms with Crippen LogP contribution in [0.3, 0.4) is 0 Å². The van der Waals surface area contributed by atoms with Gasteiger partial charge in [0.15, 0.2) is 0 Å². The van der Waals surface area contributed by atoms with Crippen LogP contribution in [0.4, 0.5) is 0 Å². The Labute approximate surface area is 127 Å². The van der Waals surface area contributed by atoms with Crippen LogP contribution >= 0.6 is 0 Å². The van der Waals surface area contributed by atoms with Crippen LogP contribution in [0.15, 0.2) is 36.4 Å². The summed E-state index contributed by atoms with van der Waals surface area (Å²) in [5.41, 5.74) is 2.37. The van der Waals surface area contributed by atoms with Crippen LogP contribution in [0, 0.1) is 12.8 Å². The molecule has 2 aromatic rings. The molecule has 0 saturated carbocycles. The smallest absolute Gasteiger partial charge is 0.106 e. The Kier molecular flexibility index (Phi) is 4.71. The highest BCUT2D eigenvalue weighted by Gasteiger charge is 2.09. The quantitative estimate of drug-likeness (QED) is 0.647. The number of fused-ring (bicyclic) bond motifs is 1.